The van der Waals surface area contributed by atoms with Crippen LogP contribution in [0.25, 0.3) is 0 Å². The van der Waals surface area contributed by atoms with E-state index in [2.05, 4.69) is 34.7 Å². The van der Waals surface area contributed by atoms with Crippen LogP contribution in [-0.2, 0) is 6.54 Å². The summed E-state index contributed by atoms with van der Waals surface area (Å²) in [6, 6.07) is 21.4. The number of nitrogens with one attached hydrogen (secondary N) is 2. The van der Waals surface area contributed by atoms with E-state index < -0.39 is 0 Å². The molecule has 0 unspecified atom stereocenters. The van der Waals surface area contributed by atoms with Gasteiger partial charge in [-0.3, -0.25) is 4.79 Å². The minimum atomic E-state index is -0.200. The number of aromatic nitrogens is 1. The number of hydrogen-bond donors (Lipinski definition) is 2. The zero-order chi connectivity index (χ0) is 17.6. The van der Waals surface area contributed by atoms with Crippen LogP contribution in [0, 0.1) is 13.8 Å². The Morgan fingerprint density at radius 1 is 0.920 bits per heavy atom. The molecule has 0 bridgehead atoms. The van der Waals surface area contributed by atoms with E-state index in [1.54, 1.807) is 6.07 Å². The van der Waals surface area contributed by atoms with Gasteiger partial charge in [-0.2, -0.15) is 0 Å². The van der Waals surface area contributed by atoms with Crippen LogP contribution in [0.2, 0.25) is 0 Å². The maximum atomic E-state index is 12.2. The summed E-state index contributed by atoms with van der Waals surface area (Å²) in [5.41, 5.74) is 5.50. The number of para-hydroxylation sites is 1. The largest absolute Gasteiger partial charge is 0.381 e. The lowest BCUT2D eigenvalue weighted by molar-refractivity contribution is 0.102. The van der Waals surface area contributed by atoms with Crippen molar-refractivity contribution >= 4 is 17.3 Å². The Bertz CT molecular complexity index is 872. The summed E-state index contributed by atoms with van der Waals surface area (Å²) in [6.45, 7) is 4.69. The standard InChI is InChI=1S/C21H21N3O/c1-15-6-3-4-8-19(15)22-14-17-10-12-18(13-11-17)24-21(25)20-9-5-7-16(2)23-20/h3-13,22H,14H2,1-2H3,(H,24,25). The van der Waals surface area contributed by atoms with Crippen LogP contribution in [0.5, 0.6) is 0 Å². The molecule has 0 aliphatic rings. The molecule has 3 rings (SSSR count). The molecule has 0 aliphatic heterocycles. The SMILES string of the molecule is Cc1cccc(C(=O)Nc2ccc(CNc3ccccc3C)cc2)n1. The fraction of sp³-hybridized carbons (Fsp3) is 0.143. The number of nitrogens with zero attached hydrogens (tertiary/aromatic N) is 1. The van der Waals surface area contributed by atoms with Gasteiger partial charge < -0.3 is 10.6 Å². The van der Waals surface area contributed by atoms with Crippen LogP contribution in [0.3, 0.4) is 0 Å². The van der Waals surface area contributed by atoms with E-state index in [9.17, 15) is 4.79 Å². The Hall–Kier alpha value is -3.14. The normalized spacial score (nSPS) is 10.3. The van der Waals surface area contributed by atoms with Crippen molar-refractivity contribution < 1.29 is 4.79 Å². The van der Waals surface area contributed by atoms with Gasteiger partial charge in [-0.05, 0) is 55.3 Å². The molecule has 0 saturated carbocycles. The second kappa shape index (κ2) is 7.62. The Labute approximate surface area is 147 Å². The van der Waals surface area contributed by atoms with E-state index in [0.29, 0.717) is 5.69 Å². The maximum Gasteiger partial charge on any atom is 0.274 e. The molecular formula is C21H21N3O. The monoisotopic (exact) mass is 331 g/mol. The molecule has 0 fully saturated rings. The van der Waals surface area contributed by atoms with Gasteiger partial charge in [0, 0.05) is 23.6 Å². The van der Waals surface area contributed by atoms with Gasteiger partial charge >= 0.3 is 0 Å². The molecule has 1 amide bonds. The average molecular weight is 331 g/mol. The van der Waals surface area contributed by atoms with Gasteiger partial charge in [0.25, 0.3) is 5.91 Å². The minimum Gasteiger partial charge on any atom is -0.381 e. The summed E-state index contributed by atoms with van der Waals surface area (Å²) < 4.78 is 0. The predicted molar refractivity (Wildman–Crippen MR) is 102 cm³/mol. The molecule has 2 N–H and O–H groups in total. The summed E-state index contributed by atoms with van der Waals surface area (Å²) in [6.07, 6.45) is 0. The van der Waals surface area contributed by atoms with Gasteiger partial charge in [0.2, 0.25) is 0 Å². The Kier molecular flexibility index (Phi) is 5.09. The molecule has 2 aromatic carbocycles. The van der Waals surface area contributed by atoms with Crippen molar-refractivity contribution in [2.45, 2.75) is 20.4 Å². The van der Waals surface area contributed by atoms with Gasteiger partial charge in [-0.15, -0.1) is 0 Å². The first-order valence-corrected chi connectivity index (χ1v) is 8.25. The van der Waals surface area contributed by atoms with E-state index >= 15 is 0 Å². The third-order valence-corrected chi connectivity index (χ3v) is 3.96. The van der Waals surface area contributed by atoms with E-state index in [-0.39, 0.29) is 5.91 Å². The second-order valence-electron chi connectivity index (χ2n) is 5.98. The van der Waals surface area contributed by atoms with Crippen LogP contribution >= 0.6 is 0 Å². The zero-order valence-corrected chi connectivity index (χ0v) is 14.4. The summed E-state index contributed by atoms with van der Waals surface area (Å²) in [4.78, 5) is 16.4. The lowest BCUT2D eigenvalue weighted by Crippen LogP contribution is -2.14. The van der Waals surface area contributed by atoms with E-state index in [0.717, 1.165) is 29.2 Å². The van der Waals surface area contributed by atoms with Crippen molar-refractivity contribution in [2.75, 3.05) is 10.6 Å². The summed E-state index contributed by atoms with van der Waals surface area (Å²) in [7, 11) is 0. The molecule has 0 radical (unpaired) electrons. The van der Waals surface area contributed by atoms with Crippen molar-refractivity contribution in [2.24, 2.45) is 0 Å². The highest BCUT2D eigenvalue weighted by Gasteiger charge is 2.07. The first-order chi connectivity index (χ1) is 12.1. The van der Waals surface area contributed by atoms with E-state index in [1.807, 2.05) is 55.5 Å². The molecule has 126 valence electrons. The number of anilines is 2. The van der Waals surface area contributed by atoms with Gasteiger partial charge in [0.15, 0.2) is 0 Å². The van der Waals surface area contributed by atoms with Crippen molar-refractivity contribution in [3.63, 3.8) is 0 Å². The minimum absolute atomic E-state index is 0.200. The molecule has 1 aromatic heterocycles. The number of carbonyl (C=O) groups is 1. The van der Waals surface area contributed by atoms with Gasteiger partial charge in [-0.25, -0.2) is 4.98 Å². The quantitative estimate of drug-likeness (QED) is 0.720. The topological polar surface area (TPSA) is 54.0 Å². The number of aryl methyl sites for hydroxylation is 2. The molecule has 0 spiro atoms. The average Bonchev–Trinajstić information content (AvgIpc) is 2.62. The lowest BCUT2D eigenvalue weighted by atomic mass is 10.1. The third-order valence-electron chi connectivity index (χ3n) is 3.96. The van der Waals surface area contributed by atoms with Crippen LogP contribution in [0.1, 0.15) is 27.3 Å². The molecule has 0 saturated heterocycles. The summed E-state index contributed by atoms with van der Waals surface area (Å²) in [5.74, 6) is -0.200. The summed E-state index contributed by atoms with van der Waals surface area (Å²) >= 11 is 0. The third kappa shape index (κ3) is 4.44. The highest BCUT2D eigenvalue weighted by Crippen LogP contribution is 2.16. The van der Waals surface area contributed by atoms with E-state index in [4.69, 9.17) is 0 Å². The number of rotatable bonds is 5. The van der Waals surface area contributed by atoms with Gasteiger partial charge in [0.1, 0.15) is 5.69 Å². The van der Waals surface area contributed by atoms with Gasteiger partial charge in [0.05, 0.1) is 0 Å². The van der Waals surface area contributed by atoms with Crippen LogP contribution < -0.4 is 10.6 Å². The Balaban J connectivity index is 1.60. The number of amides is 1. The molecule has 4 heteroatoms. The van der Waals surface area contributed by atoms with Crippen LogP contribution in [-0.4, -0.2) is 10.9 Å². The fourth-order valence-electron chi connectivity index (χ4n) is 2.54. The molecular weight excluding hydrogens is 310 g/mol. The van der Waals surface area contributed by atoms with E-state index in [1.165, 1.54) is 5.56 Å². The van der Waals surface area contributed by atoms with Crippen molar-refractivity contribution in [1.82, 2.24) is 4.98 Å². The lowest BCUT2D eigenvalue weighted by Gasteiger charge is -2.10. The smallest absolute Gasteiger partial charge is 0.274 e. The molecule has 25 heavy (non-hydrogen) atoms. The van der Waals surface area contributed by atoms with Crippen LogP contribution in [0.15, 0.2) is 66.7 Å². The van der Waals surface area contributed by atoms with Crippen molar-refractivity contribution in [3.8, 4) is 0 Å². The number of pyridine rings is 1. The van der Waals surface area contributed by atoms with Crippen molar-refractivity contribution in [3.05, 3.63) is 89.2 Å². The van der Waals surface area contributed by atoms with Gasteiger partial charge in [-0.1, -0.05) is 36.4 Å². The highest BCUT2D eigenvalue weighted by molar-refractivity contribution is 6.02. The second-order valence-corrected chi connectivity index (χ2v) is 5.98. The number of hydrogen-bond acceptors (Lipinski definition) is 3. The zero-order valence-electron chi connectivity index (χ0n) is 14.4. The molecule has 3 aromatic rings. The first kappa shape index (κ1) is 16.7. The van der Waals surface area contributed by atoms with Crippen molar-refractivity contribution in [1.29, 1.82) is 0 Å². The predicted octanol–water partition coefficient (Wildman–Crippen LogP) is 4.56. The Morgan fingerprint density at radius 3 is 2.40 bits per heavy atom. The summed E-state index contributed by atoms with van der Waals surface area (Å²) in [5, 5.41) is 6.30. The van der Waals surface area contributed by atoms with Crippen LogP contribution in [0.4, 0.5) is 11.4 Å². The molecule has 4 nitrogen and oxygen atoms in total. The molecule has 0 atom stereocenters. The highest BCUT2D eigenvalue weighted by atomic mass is 16.1. The number of carbonyl (C=O) groups excluding carboxylic acids is 1. The maximum absolute atomic E-state index is 12.2. The first-order valence-electron chi connectivity index (χ1n) is 8.25. The fourth-order valence-corrected chi connectivity index (χ4v) is 2.54. The molecule has 0 aliphatic carbocycles. The molecule has 1 heterocycles. The Morgan fingerprint density at radius 2 is 1.68 bits per heavy atom. The number of benzene rings is 2.